The highest BCUT2D eigenvalue weighted by atomic mass is 35.5. The maximum absolute atomic E-state index is 6.16. The summed E-state index contributed by atoms with van der Waals surface area (Å²) in [4.78, 5) is 10.6. The first-order chi connectivity index (χ1) is 8.13. The molecule has 6 heteroatoms. The molecule has 0 amide bonds. The minimum atomic E-state index is 0.398. The second-order valence-corrected chi connectivity index (χ2v) is 4.97. The predicted octanol–water partition coefficient (Wildman–Crippen LogP) is 2.04. The lowest BCUT2D eigenvalue weighted by molar-refractivity contribution is 0.361. The van der Waals surface area contributed by atoms with Crippen molar-refractivity contribution in [3.05, 3.63) is 11.2 Å². The fourth-order valence-electron chi connectivity index (χ4n) is 2.26. The molecule has 1 aromatic rings. The maximum Gasteiger partial charge on any atom is 0.239 e. The molecule has 0 saturated carbocycles. The van der Waals surface area contributed by atoms with E-state index in [0.29, 0.717) is 22.9 Å². The van der Waals surface area contributed by atoms with E-state index in [4.69, 9.17) is 17.4 Å². The molecule has 17 heavy (non-hydrogen) atoms. The minimum Gasteiger partial charge on any atom is -0.352 e. The molecule has 0 bridgehead atoms. The van der Waals surface area contributed by atoms with E-state index in [1.807, 2.05) is 0 Å². The number of rotatable bonds is 2. The standard InChI is InChI=1S/C11H18ClN5/c1-7-4-3-5-17(8(7)2)10-9(12)6-14-11(15-10)16-13/h6-8H,3-5,13H2,1-2H3,(H,14,15,16). The summed E-state index contributed by atoms with van der Waals surface area (Å²) in [7, 11) is 0. The Labute approximate surface area is 106 Å². The Balaban J connectivity index is 2.31. The largest absolute Gasteiger partial charge is 0.352 e. The zero-order chi connectivity index (χ0) is 12.4. The quantitative estimate of drug-likeness (QED) is 0.625. The van der Waals surface area contributed by atoms with Gasteiger partial charge in [-0.2, -0.15) is 4.98 Å². The summed E-state index contributed by atoms with van der Waals surface area (Å²) in [6.07, 6.45) is 4.00. The van der Waals surface area contributed by atoms with E-state index < -0.39 is 0 Å². The fourth-order valence-corrected chi connectivity index (χ4v) is 2.46. The summed E-state index contributed by atoms with van der Waals surface area (Å²) in [5.41, 5.74) is 2.45. The number of hydrogen-bond donors (Lipinski definition) is 2. The number of nitrogen functional groups attached to an aromatic ring is 1. The van der Waals surface area contributed by atoms with E-state index in [0.717, 1.165) is 18.8 Å². The van der Waals surface area contributed by atoms with Crippen molar-refractivity contribution in [3.63, 3.8) is 0 Å². The van der Waals surface area contributed by atoms with Crippen LogP contribution in [0.4, 0.5) is 11.8 Å². The first-order valence-corrected chi connectivity index (χ1v) is 6.27. The second kappa shape index (κ2) is 5.06. The van der Waals surface area contributed by atoms with Gasteiger partial charge in [-0.1, -0.05) is 18.5 Å². The molecule has 3 N–H and O–H groups in total. The van der Waals surface area contributed by atoms with E-state index in [9.17, 15) is 0 Å². The highest BCUT2D eigenvalue weighted by molar-refractivity contribution is 6.32. The van der Waals surface area contributed by atoms with Gasteiger partial charge in [-0.15, -0.1) is 0 Å². The zero-order valence-corrected chi connectivity index (χ0v) is 10.9. The molecular formula is C11H18ClN5. The molecule has 0 spiro atoms. The molecular weight excluding hydrogens is 238 g/mol. The Morgan fingerprint density at radius 3 is 3.00 bits per heavy atom. The summed E-state index contributed by atoms with van der Waals surface area (Å²) in [5.74, 6) is 7.14. The number of halogens is 1. The number of hydrogen-bond acceptors (Lipinski definition) is 5. The fraction of sp³-hybridized carbons (Fsp3) is 0.636. The Hall–Kier alpha value is -1.07. The van der Waals surface area contributed by atoms with Crippen LogP contribution in [0.3, 0.4) is 0 Å². The van der Waals surface area contributed by atoms with Gasteiger partial charge in [-0.25, -0.2) is 10.8 Å². The lowest BCUT2D eigenvalue weighted by Gasteiger charge is -2.39. The van der Waals surface area contributed by atoms with Gasteiger partial charge >= 0.3 is 0 Å². The van der Waals surface area contributed by atoms with Crippen LogP contribution in [0, 0.1) is 5.92 Å². The zero-order valence-electron chi connectivity index (χ0n) is 10.2. The minimum absolute atomic E-state index is 0.398. The number of piperidine rings is 1. The van der Waals surface area contributed by atoms with Gasteiger partial charge in [0.25, 0.3) is 0 Å². The average Bonchev–Trinajstić information content (AvgIpc) is 2.34. The first kappa shape index (κ1) is 12.4. The van der Waals surface area contributed by atoms with Crippen LogP contribution in [0.2, 0.25) is 5.02 Å². The van der Waals surface area contributed by atoms with E-state index in [-0.39, 0.29) is 0 Å². The number of nitrogens with zero attached hydrogens (tertiary/aromatic N) is 3. The third kappa shape index (κ3) is 2.45. The number of nitrogens with two attached hydrogens (primary N) is 1. The Morgan fingerprint density at radius 1 is 1.53 bits per heavy atom. The molecule has 0 radical (unpaired) electrons. The SMILES string of the molecule is CC1CCCN(c2nc(NN)ncc2Cl)C1C. The smallest absolute Gasteiger partial charge is 0.239 e. The number of nitrogens with one attached hydrogen (secondary N) is 1. The second-order valence-electron chi connectivity index (χ2n) is 4.56. The number of hydrazine groups is 1. The Kier molecular flexibility index (Phi) is 3.69. The van der Waals surface area contributed by atoms with Crippen LogP contribution >= 0.6 is 11.6 Å². The first-order valence-electron chi connectivity index (χ1n) is 5.89. The van der Waals surface area contributed by atoms with Crippen LogP contribution < -0.4 is 16.2 Å². The molecule has 1 aliphatic heterocycles. The van der Waals surface area contributed by atoms with Crippen LogP contribution in [-0.4, -0.2) is 22.6 Å². The van der Waals surface area contributed by atoms with E-state index in [1.165, 1.54) is 6.42 Å². The van der Waals surface area contributed by atoms with E-state index >= 15 is 0 Å². The molecule has 2 atom stereocenters. The van der Waals surface area contributed by atoms with Gasteiger partial charge in [-0.3, -0.25) is 5.43 Å². The molecule has 94 valence electrons. The van der Waals surface area contributed by atoms with Crippen molar-refractivity contribution < 1.29 is 0 Å². The van der Waals surface area contributed by atoms with Crippen molar-refractivity contribution in [2.75, 3.05) is 16.9 Å². The van der Waals surface area contributed by atoms with Crippen LogP contribution in [-0.2, 0) is 0 Å². The van der Waals surface area contributed by atoms with Crippen molar-refractivity contribution >= 4 is 23.4 Å². The molecule has 2 unspecified atom stereocenters. The van der Waals surface area contributed by atoms with Crippen molar-refractivity contribution in [2.45, 2.75) is 32.7 Å². The van der Waals surface area contributed by atoms with Gasteiger partial charge in [-0.05, 0) is 25.7 Å². The monoisotopic (exact) mass is 255 g/mol. The molecule has 1 fully saturated rings. The summed E-state index contributed by atoms with van der Waals surface area (Å²) in [6, 6.07) is 0.432. The molecule has 2 rings (SSSR count). The Bertz CT molecular complexity index is 397. The van der Waals surface area contributed by atoms with Gasteiger partial charge in [0.15, 0.2) is 5.82 Å². The normalized spacial score (nSPS) is 24.8. The van der Waals surface area contributed by atoms with Crippen molar-refractivity contribution in [3.8, 4) is 0 Å². The van der Waals surface area contributed by atoms with Crippen LogP contribution in [0.15, 0.2) is 6.20 Å². The average molecular weight is 256 g/mol. The van der Waals surface area contributed by atoms with Crippen molar-refractivity contribution in [2.24, 2.45) is 11.8 Å². The van der Waals surface area contributed by atoms with Gasteiger partial charge in [0, 0.05) is 12.6 Å². The molecule has 0 aromatic carbocycles. The predicted molar refractivity (Wildman–Crippen MR) is 70.1 cm³/mol. The van der Waals surface area contributed by atoms with Crippen molar-refractivity contribution in [1.29, 1.82) is 0 Å². The third-order valence-electron chi connectivity index (χ3n) is 3.50. The topological polar surface area (TPSA) is 67.1 Å². The van der Waals surface area contributed by atoms with Crippen LogP contribution in [0.25, 0.3) is 0 Å². The molecule has 2 heterocycles. The third-order valence-corrected chi connectivity index (χ3v) is 3.77. The number of aromatic nitrogens is 2. The summed E-state index contributed by atoms with van der Waals surface area (Å²) in [6.45, 7) is 5.44. The van der Waals surface area contributed by atoms with Crippen molar-refractivity contribution in [1.82, 2.24) is 9.97 Å². The Morgan fingerprint density at radius 2 is 2.29 bits per heavy atom. The van der Waals surface area contributed by atoms with Crippen LogP contribution in [0.5, 0.6) is 0 Å². The molecule has 1 saturated heterocycles. The van der Waals surface area contributed by atoms with E-state index in [2.05, 4.69) is 34.1 Å². The molecule has 5 nitrogen and oxygen atoms in total. The lowest BCUT2D eigenvalue weighted by Crippen LogP contribution is -2.43. The van der Waals surface area contributed by atoms with E-state index in [1.54, 1.807) is 6.20 Å². The van der Waals surface area contributed by atoms with Gasteiger partial charge in [0.2, 0.25) is 5.95 Å². The maximum atomic E-state index is 6.16. The summed E-state index contributed by atoms with van der Waals surface area (Å²) < 4.78 is 0. The van der Waals surface area contributed by atoms with Gasteiger partial charge < -0.3 is 4.90 Å². The van der Waals surface area contributed by atoms with Gasteiger partial charge in [0.05, 0.1) is 6.20 Å². The highest BCUT2D eigenvalue weighted by Gasteiger charge is 2.27. The van der Waals surface area contributed by atoms with Crippen LogP contribution in [0.1, 0.15) is 26.7 Å². The lowest BCUT2D eigenvalue weighted by atomic mass is 9.92. The molecule has 1 aliphatic rings. The summed E-state index contributed by atoms with van der Waals surface area (Å²) >= 11 is 6.16. The van der Waals surface area contributed by atoms with Gasteiger partial charge in [0.1, 0.15) is 5.02 Å². The molecule has 1 aromatic heterocycles. The highest BCUT2D eigenvalue weighted by Crippen LogP contribution is 2.31. The summed E-state index contributed by atoms with van der Waals surface area (Å²) in [5, 5.41) is 0.574. The molecule has 0 aliphatic carbocycles. The number of anilines is 2.